The van der Waals surface area contributed by atoms with Gasteiger partial charge in [0.15, 0.2) is 0 Å². The van der Waals surface area contributed by atoms with Gasteiger partial charge in [0.2, 0.25) is 5.91 Å². The molecule has 0 saturated heterocycles. The SMILES string of the molecule is COCCNC(=O)CNc1ncccc1I. The fourth-order valence-corrected chi connectivity index (χ4v) is 1.57. The summed E-state index contributed by atoms with van der Waals surface area (Å²) in [6, 6.07) is 3.78. The van der Waals surface area contributed by atoms with Gasteiger partial charge >= 0.3 is 0 Å². The number of halogens is 1. The van der Waals surface area contributed by atoms with Crippen molar-refractivity contribution < 1.29 is 9.53 Å². The number of nitrogens with zero attached hydrogens (tertiary/aromatic N) is 1. The van der Waals surface area contributed by atoms with Crippen LogP contribution in [0.25, 0.3) is 0 Å². The average molecular weight is 335 g/mol. The molecular weight excluding hydrogens is 321 g/mol. The number of amides is 1. The number of methoxy groups -OCH3 is 1. The molecule has 5 nitrogen and oxygen atoms in total. The molecule has 0 saturated carbocycles. The van der Waals surface area contributed by atoms with E-state index in [0.717, 1.165) is 9.39 Å². The average Bonchev–Trinajstić information content (AvgIpc) is 2.28. The molecule has 1 aromatic rings. The first-order chi connectivity index (χ1) is 7.74. The summed E-state index contributed by atoms with van der Waals surface area (Å²) in [4.78, 5) is 15.5. The van der Waals surface area contributed by atoms with Crippen molar-refractivity contribution in [2.75, 3.05) is 32.1 Å². The van der Waals surface area contributed by atoms with Gasteiger partial charge in [-0.15, -0.1) is 0 Å². The van der Waals surface area contributed by atoms with Crippen molar-refractivity contribution in [1.82, 2.24) is 10.3 Å². The Morgan fingerprint density at radius 2 is 2.44 bits per heavy atom. The van der Waals surface area contributed by atoms with E-state index in [4.69, 9.17) is 4.74 Å². The van der Waals surface area contributed by atoms with Gasteiger partial charge in [-0.05, 0) is 34.7 Å². The second kappa shape index (κ2) is 7.39. The molecule has 1 amide bonds. The smallest absolute Gasteiger partial charge is 0.239 e. The quantitative estimate of drug-likeness (QED) is 0.598. The lowest BCUT2D eigenvalue weighted by Crippen LogP contribution is -2.32. The Kier molecular flexibility index (Phi) is 6.09. The monoisotopic (exact) mass is 335 g/mol. The normalized spacial score (nSPS) is 9.88. The first kappa shape index (κ1) is 13.2. The lowest BCUT2D eigenvalue weighted by molar-refractivity contribution is -0.119. The predicted octanol–water partition coefficient (Wildman–Crippen LogP) is 0.861. The van der Waals surface area contributed by atoms with Crippen LogP contribution >= 0.6 is 22.6 Å². The molecule has 16 heavy (non-hydrogen) atoms. The zero-order valence-corrected chi connectivity index (χ0v) is 11.2. The highest BCUT2D eigenvalue weighted by molar-refractivity contribution is 14.1. The number of pyridine rings is 1. The summed E-state index contributed by atoms with van der Waals surface area (Å²) in [5.41, 5.74) is 0. The Hall–Kier alpha value is -0.890. The van der Waals surface area contributed by atoms with Crippen molar-refractivity contribution in [3.8, 4) is 0 Å². The number of aromatic nitrogens is 1. The topological polar surface area (TPSA) is 63.2 Å². The molecule has 1 heterocycles. The first-order valence-corrected chi connectivity index (χ1v) is 5.92. The summed E-state index contributed by atoms with van der Waals surface area (Å²) in [5.74, 6) is 0.656. The van der Waals surface area contributed by atoms with Crippen LogP contribution in [0.5, 0.6) is 0 Å². The van der Waals surface area contributed by atoms with Crippen LogP contribution in [0.4, 0.5) is 5.82 Å². The van der Waals surface area contributed by atoms with Crippen LogP contribution in [0.2, 0.25) is 0 Å². The Labute approximate surface area is 108 Å². The first-order valence-electron chi connectivity index (χ1n) is 4.84. The Bertz CT molecular complexity index is 347. The number of anilines is 1. The van der Waals surface area contributed by atoms with Crippen LogP contribution in [0.1, 0.15) is 0 Å². The van der Waals surface area contributed by atoms with Crippen LogP contribution < -0.4 is 10.6 Å². The van der Waals surface area contributed by atoms with E-state index in [-0.39, 0.29) is 12.5 Å². The fraction of sp³-hybridized carbons (Fsp3) is 0.400. The molecule has 0 atom stereocenters. The predicted molar refractivity (Wildman–Crippen MR) is 70.3 cm³/mol. The van der Waals surface area contributed by atoms with Gasteiger partial charge in [-0.1, -0.05) is 0 Å². The van der Waals surface area contributed by atoms with Crippen LogP contribution in [-0.2, 0) is 9.53 Å². The Morgan fingerprint density at radius 1 is 1.62 bits per heavy atom. The highest BCUT2D eigenvalue weighted by Crippen LogP contribution is 2.12. The van der Waals surface area contributed by atoms with E-state index in [2.05, 4.69) is 38.2 Å². The number of hydrogen-bond acceptors (Lipinski definition) is 4. The Balaban J connectivity index is 2.29. The number of carbonyl (C=O) groups is 1. The van der Waals surface area contributed by atoms with Gasteiger partial charge in [-0.3, -0.25) is 4.79 Å². The van der Waals surface area contributed by atoms with E-state index >= 15 is 0 Å². The maximum Gasteiger partial charge on any atom is 0.239 e. The van der Waals surface area contributed by atoms with Crippen LogP contribution in [0.3, 0.4) is 0 Å². The fourth-order valence-electron chi connectivity index (χ4n) is 1.03. The van der Waals surface area contributed by atoms with E-state index in [1.165, 1.54) is 0 Å². The third-order valence-electron chi connectivity index (χ3n) is 1.80. The molecule has 0 unspecified atom stereocenters. The number of nitrogens with one attached hydrogen (secondary N) is 2. The van der Waals surface area contributed by atoms with Gasteiger partial charge < -0.3 is 15.4 Å². The number of carbonyl (C=O) groups excluding carboxylic acids is 1. The number of ether oxygens (including phenoxy) is 1. The second-order valence-corrected chi connectivity index (χ2v) is 4.19. The van der Waals surface area contributed by atoms with Gasteiger partial charge in [0.05, 0.1) is 16.7 Å². The van der Waals surface area contributed by atoms with Crippen molar-refractivity contribution in [1.29, 1.82) is 0 Å². The molecule has 1 rings (SSSR count). The van der Waals surface area contributed by atoms with Gasteiger partial charge in [0.1, 0.15) is 5.82 Å². The van der Waals surface area contributed by atoms with Gasteiger partial charge in [-0.2, -0.15) is 0 Å². The molecule has 0 spiro atoms. The molecule has 88 valence electrons. The lowest BCUT2D eigenvalue weighted by atomic mass is 10.4. The lowest BCUT2D eigenvalue weighted by Gasteiger charge is -2.07. The molecule has 0 fully saturated rings. The molecule has 6 heteroatoms. The molecule has 0 aliphatic heterocycles. The second-order valence-electron chi connectivity index (χ2n) is 3.03. The molecule has 0 aromatic carbocycles. The molecule has 0 aliphatic rings. The summed E-state index contributed by atoms with van der Waals surface area (Å²) in [6.45, 7) is 1.26. The van der Waals surface area contributed by atoms with Gasteiger partial charge in [0, 0.05) is 19.9 Å². The summed E-state index contributed by atoms with van der Waals surface area (Å²) < 4.78 is 5.82. The van der Waals surface area contributed by atoms with Crippen LogP contribution in [0, 0.1) is 3.57 Å². The van der Waals surface area contributed by atoms with E-state index < -0.39 is 0 Å². The molecule has 0 radical (unpaired) electrons. The van der Waals surface area contributed by atoms with E-state index in [1.807, 2.05) is 12.1 Å². The standard InChI is InChI=1S/C10H14IN3O2/c1-16-6-5-12-9(15)7-14-10-8(11)3-2-4-13-10/h2-4H,5-7H2,1H3,(H,12,15)(H,13,14). The zero-order chi connectivity index (χ0) is 11.8. The third-order valence-corrected chi connectivity index (χ3v) is 2.67. The summed E-state index contributed by atoms with van der Waals surface area (Å²) in [5, 5.41) is 5.68. The van der Waals surface area contributed by atoms with Crippen molar-refractivity contribution in [2.45, 2.75) is 0 Å². The summed E-state index contributed by atoms with van der Waals surface area (Å²) in [7, 11) is 1.60. The highest BCUT2D eigenvalue weighted by atomic mass is 127. The van der Waals surface area contributed by atoms with Crippen molar-refractivity contribution in [2.24, 2.45) is 0 Å². The van der Waals surface area contributed by atoms with E-state index in [1.54, 1.807) is 13.3 Å². The zero-order valence-electron chi connectivity index (χ0n) is 9.00. The molecule has 0 aliphatic carbocycles. The molecule has 1 aromatic heterocycles. The summed E-state index contributed by atoms with van der Waals surface area (Å²) in [6.07, 6.45) is 1.69. The van der Waals surface area contributed by atoms with Crippen molar-refractivity contribution in [3.63, 3.8) is 0 Å². The number of rotatable bonds is 6. The maximum absolute atomic E-state index is 11.3. The largest absolute Gasteiger partial charge is 0.383 e. The molecule has 2 N–H and O–H groups in total. The summed E-state index contributed by atoms with van der Waals surface area (Å²) >= 11 is 2.17. The van der Waals surface area contributed by atoms with Gasteiger partial charge in [-0.25, -0.2) is 4.98 Å². The van der Waals surface area contributed by atoms with Crippen molar-refractivity contribution in [3.05, 3.63) is 21.9 Å². The minimum atomic E-state index is -0.0708. The third kappa shape index (κ3) is 4.75. The Morgan fingerprint density at radius 3 is 3.12 bits per heavy atom. The molecular formula is C10H14IN3O2. The number of hydrogen-bond donors (Lipinski definition) is 2. The minimum Gasteiger partial charge on any atom is -0.383 e. The van der Waals surface area contributed by atoms with Crippen molar-refractivity contribution >= 4 is 34.3 Å². The van der Waals surface area contributed by atoms with Crippen LogP contribution in [0.15, 0.2) is 18.3 Å². The van der Waals surface area contributed by atoms with E-state index in [9.17, 15) is 4.79 Å². The maximum atomic E-state index is 11.3. The van der Waals surface area contributed by atoms with E-state index in [0.29, 0.717) is 13.2 Å². The van der Waals surface area contributed by atoms with Crippen LogP contribution in [-0.4, -0.2) is 37.7 Å². The highest BCUT2D eigenvalue weighted by Gasteiger charge is 2.03. The minimum absolute atomic E-state index is 0.0708. The van der Waals surface area contributed by atoms with Gasteiger partial charge in [0.25, 0.3) is 0 Å². The molecule has 0 bridgehead atoms.